The summed E-state index contributed by atoms with van der Waals surface area (Å²) in [6.07, 6.45) is 4.16. The number of piperazine rings is 1. The highest BCUT2D eigenvalue weighted by Crippen LogP contribution is 2.35. The highest BCUT2D eigenvalue weighted by molar-refractivity contribution is 5.25. The van der Waals surface area contributed by atoms with E-state index in [-0.39, 0.29) is 5.54 Å². The summed E-state index contributed by atoms with van der Waals surface area (Å²) in [6, 6.07) is 11.7. The molecule has 1 aromatic carbocycles. The Balaban J connectivity index is 1.78. The first-order valence-corrected chi connectivity index (χ1v) is 8.67. The molecule has 1 saturated carbocycles. The molecule has 0 amide bonds. The number of nitrogens with zero attached hydrogens (tertiary/aromatic N) is 1. The standard InChI is InChI=1S/C19H30N2/c1-4-15(2)18-12-20-19(3,17-8-6-5-7-9-17)14-21(18)13-16-10-11-16/h5-9,15-16,18,20H,4,10-14H2,1-3H3. The molecular weight excluding hydrogens is 256 g/mol. The van der Waals surface area contributed by atoms with Gasteiger partial charge in [0, 0.05) is 25.7 Å². The van der Waals surface area contributed by atoms with Crippen molar-refractivity contribution >= 4 is 0 Å². The largest absolute Gasteiger partial charge is 0.305 e. The van der Waals surface area contributed by atoms with Gasteiger partial charge < -0.3 is 5.32 Å². The molecule has 0 spiro atoms. The number of nitrogens with one attached hydrogen (secondary N) is 1. The lowest BCUT2D eigenvalue weighted by Gasteiger charge is -2.48. The fraction of sp³-hybridized carbons (Fsp3) is 0.684. The maximum Gasteiger partial charge on any atom is 0.0535 e. The van der Waals surface area contributed by atoms with Crippen LogP contribution in [-0.2, 0) is 5.54 Å². The van der Waals surface area contributed by atoms with E-state index in [4.69, 9.17) is 0 Å². The molecule has 1 aliphatic heterocycles. The van der Waals surface area contributed by atoms with Crippen LogP contribution in [0.4, 0.5) is 0 Å². The Hall–Kier alpha value is -0.860. The van der Waals surface area contributed by atoms with E-state index in [0.717, 1.165) is 24.9 Å². The minimum atomic E-state index is 0.0973. The summed E-state index contributed by atoms with van der Waals surface area (Å²) < 4.78 is 0. The Morgan fingerprint density at radius 2 is 2.00 bits per heavy atom. The quantitative estimate of drug-likeness (QED) is 0.889. The fourth-order valence-corrected chi connectivity index (χ4v) is 3.70. The monoisotopic (exact) mass is 286 g/mol. The SMILES string of the molecule is CCC(C)C1CNC(C)(c2ccccc2)CN1CC1CC1. The summed E-state index contributed by atoms with van der Waals surface area (Å²) >= 11 is 0. The van der Waals surface area contributed by atoms with Crippen LogP contribution in [0.15, 0.2) is 30.3 Å². The van der Waals surface area contributed by atoms with Gasteiger partial charge in [0.15, 0.2) is 0 Å². The molecule has 3 atom stereocenters. The average molecular weight is 286 g/mol. The number of hydrogen-bond acceptors (Lipinski definition) is 2. The minimum absolute atomic E-state index is 0.0973. The van der Waals surface area contributed by atoms with Crippen molar-refractivity contribution in [2.75, 3.05) is 19.6 Å². The zero-order chi connectivity index (χ0) is 14.9. The van der Waals surface area contributed by atoms with E-state index in [1.165, 1.54) is 31.4 Å². The molecule has 2 heteroatoms. The molecule has 1 aromatic rings. The van der Waals surface area contributed by atoms with Gasteiger partial charge in [-0.3, -0.25) is 4.90 Å². The van der Waals surface area contributed by atoms with Crippen LogP contribution in [0.1, 0.15) is 45.6 Å². The molecule has 3 unspecified atom stereocenters. The highest BCUT2D eigenvalue weighted by atomic mass is 15.3. The van der Waals surface area contributed by atoms with Crippen LogP contribution in [0.25, 0.3) is 0 Å². The molecule has 1 N–H and O–H groups in total. The third-order valence-electron chi connectivity index (χ3n) is 5.59. The number of hydrogen-bond donors (Lipinski definition) is 1. The molecule has 2 aliphatic rings. The first kappa shape index (κ1) is 15.1. The van der Waals surface area contributed by atoms with Gasteiger partial charge in [-0.1, -0.05) is 50.6 Å². The maximum atomic E-state index is 3.86. The zero-order valence-corrected chi connectivity index (χ0v) is 13.8. The Morgan fingerprint density at radius 3 is 2.62 bits per heavy atom. The van der Waals surface area contributed by atoms with Gasteiger partial charge in [0.05, 0.1) is 5.54 Å². The Bertz CT molecular complexity index is 454. The second-order valence-corrected chi connectivity index (χ2v) is 7.40. The van der Waals surface area contributed by atoms with Crippen LogP contribution >= 0.6 is 0 Å². The van der Waals surface area contributed by atoms with Gasteiger partial charge in [-0.15, -0.1) is 0 Å². The summed E-state index contributed by atoms with van der Waals surface area (Å²) in [6.45, 7) is 10.7. The van der Waals surface area contributed by atoms with Gasteiger partial charge in [0.2, 0.25) is 0 Å². The van der Waals surface area contributed by atoms with Crippen molar-refractivity contribution in [1.82, 2.24) is 10.2 Å². The second-order valence-electron chi connectivity index (χ2n) is 7.40. The van der Waals surface area contributed by atoms with Crippen molar-refractivity contribution in [2.45, 2.75) is 51.6 Å². The third-order valence-corrected chi connectivity index (χ3v) is 5.59. The Labute approximate surface area is 129 Å². The van der Waals surface area contributed by atoms with Gasteiger partial charge in [-0.25, -0.2) is 0 Å². The lowest BCUT2D eigenvalue weighted by Crippen LogP contribution is -2.63. The van der Waals surface area contributed by atoms with Crippen LogP contribution in [0.2, 0.25) is 0 Å². The van der Waals surface area contributed by atoms with Gasteiger partial charge in [0.1, 0.15) is 0 Å². The normalized spacial score (nSPS) is 32.0. The van der Waals surface area contributed by atoms with E-state index < -0.39 is 0 Å². The number of rotatable bonds is 5. The predicted molar refractivity (Wildman–Crippen MR) is 89.3 cm³/mol. The molecule has 2 nitrogen and oxygen atoms in total. The van der Waals surface area contributed by atoms with Crippen molar-refractivity contribution in [3.63, 3.8) is 0 Å². The first-order chi connectivity index (χ1) is 10.1. The highest BCUT2D eigenvalue weighted by Gasteiger charge is 2.40. The maximum absolute atomic E-state index is 3.86. The molecular formula is C19H30N2. The third kappa shape index (κ3) is 3.32. The van der Waals surface area contributed by atoms with Gasteiger partial charge in [-0.05, 0) is 37.2 Å². The Morgan fingerprint density at radius 1 is 1.29 bits per heavy atom. The summed E-state index contributed by atoms with van der Waals surface area (Å²) in [7, 11) is 0. The lowest BCUT2D eigenvalue weighted by atomic mass is 9.85. The van der Waals surface area contributed by atoms with Crippen LogP contribution in [0.3, 0.4) is 0 Å². The van der Waals surface area contributed by atoms with Crippen LogP contribution < -0.4 is 5.32 Å². The molecule has 0 bridgehead atoms. The second kappa shape index (κ2) is 6.10. The van der Waals surface area contributed by atoms with E-state index in [2.05, 4.69) is 61.3 Å². The van der Waals surface area contributed by atoms with Gasteiger partial charge >= 0.3 is 0 Å². The minimum Gasteiger partial charge on any atom is -0.305 e. The smallest absolute Gasteiger partial charge is 0.0535 e. The van der Waals surface area contributed by atoms with Gasteiger partial charge in [0.25, 0.3) is 0 Å². The fourth-order valence-electron chi connectivity index (χ4n) is 3.70. The van der Waals surface area contributed by atoms with Crippen LogP contribution in [0.5, 0.6) is 0 Å². The van der Waals surface area contributed by atoms with E-state index in [1.807, 2.05) is 0 Å². The predicted octanol–water partition coefficient (Wildman–Crippen LogP) is 3.63. The van der Waals surface area contributed by atoms with Crippen LogP contribution in [0, 0.1) is 11.8 Å². The van der Waals surface area contributed by atoms with Crippen molar-refractivity contribution in [3.05, 3.63) is 35.9 Å². The molecule has 1 saturated heterocycles. The Kier molecular flexibility index (Phi) is 4.37. The molecule has 116 valence electrons. The lowest BCUT2D eigenvalue weighted by molar-refractivity contribution is 0.0516. The van der Waals surface area contributed by atoms with E-state index in [0.29, 0.717) is 6.04 Å². The van der Waals surface area contributed by atoms with Crippen molar-refractivity contribution in [3.8, 4) is 0 Å². The van der Waals surface area contributed by atoms with Crippen molar-refractivity contribution in [1.29, 1.82) is 0 Å². The molecule has 1 aliphatic carbocycles. The van der Waals surface area contributed by atoms with Crippen molar-refractivity contribution in [2.24, 2.45) is 11.8 Å². The zero-order valence-electron chi connectivity index (χ0n) is 13.8. The molecule has 3 rings (SSSR count). The number of benzene rings is 1. The average Bonchev–Trinajstić information content (AvgIpc) is 3.32. The van der Waals surface area contributed by atoms with E-state index in [9.17, 15) is 0 Å². The van der Waals surface area contributed by atoms with Gasteiger partial charge in [-0.2, -0.15) is 0 Å². The first-order valence-electron chi connectivity index (χ1n) is 8.67. The van der Waals surface area contributed by atoms with E-state index >= 15 is 0 Å². The molecule has 21 heavy (non-hydrogen) atoms. The topological polar surface area (TPSA) is 15.3 Å². The molecule has 0 radical (unpaired) electrons. The van der Waals surface area contributed by atoms with Crippen LogP contribution in [-0.4, -0.2) is 30.6 Å². The molecule has 0 aromatic heterocycles. The summed E-state index contributed by atoms with van der Waals surface area (Å²) in [5.41, 5.74) is 1.52. The van der Waals surface area contributed by atoms with E-state index in [1.54, 1.807) is 0 Å². The summed E-state index contributed by atoms with van der Waals surface area (Å²) in [4.78, 5) is 2.79. The van der Waals surface area contributed by atoms with Crippen molar-refractivity contribution < 1.29 is 0 Å². The summed E-state index contributed by atoms with van der Waals surface area (Å²) in [5, 5.41) is 3.86. The summed E-state index contributed by atoms with van der Waals surface area (Å²) in [5.74, 6) is 1.74. The molecule has 2 fully saturated rings. The molecule has 1 heterocycles.